The molecule has 1 fully saturated rings. The zero-order valence-corrected chi connectivity index (χ0v) is 14.6. The van der Waals surface area contributed by atoms with Crippen molar-refractivity contribution >= 4 is 16.8 Å². The van der Waals surface area contributed by atoms with Gasteiger partial charge in [0, 0.05) is 49.8 Å². The number of carbonyl (C=O) groups is 1. The summed E-state index contributed by atoms with van der Waals surface area (Å²) < 4.78 is 33.2. The molecule has 0 radical (unpaired) electrons. The fraction of sp³-hybridized carbons (Fsp3) is 0.333. The van der Waals surface area contributed by atoms with Gasteiger partial charge in [-0.05, 0) is 12.1 Å². The van der Waals surface area contributed by atoms with Crippen LogP contribution in [0.3, 0.4) is 0 Å². The average molecular weight is 373 g/mol. The summed E-state index contributed by atoms with van der Waals surface area (Å²) in [5.41, 5.74) is 1.05. The molecule has 1 amide bonds. The summed E-state index contributed by atoms with van der Waals surface area (Å²) in [7, 11) is 1.54. The zero-order chi connectivity index (χ0) is 19.0. The first-order chi connectivity index (χ1) is 12.9. The Morgan fingerprint density at radius 3 is 2.63 bits per heavy atom. The number of aromatic nitrogens is 4. The Hall–Kier alpha value is -3.10. The van der Waals surface area contributed by atoms with Gasteiger partial charge >= 0.3 is 0 Å². The van der Waals surface area contributed by atoms with Gasteiger partial charge < -0.3 is 9.64 Å². The number of ether oxygens (including phenoxy) is 1. The number of amides is 1. The summed E-state index contributed by atoms with van der Waals surface area (Å²) in [6, 6.07) is 5.06. The largest absolute Gasteiger partial charge is 0.481 e. The molecule has 1 aliphatic heterocycles. The molecule has 9 heteroatoms. The van der Waals surface area contributed by atoms with Crippen molar-refractivity contribution in [2.75, 3.05) is 20.2 Å². The highest BCUT2D eigenvalue weighted by atomic mass is 19.3. The first-order valence-electron chi connectivity index (χ1n) is 8.48. The zero-order valence-electron chi connectivity index (χ0n) is 14.6. The third-order valence-corrected chi connectivity index (χ3v) is 4.59. The second-order valence-corrected chi connectivity index (χ2v) is 6.41. The lowest BCUT2D eigenvalue weighted by Gasteiger charge is -2.31. The topological polar surface area (TPSA) is 73.1 Å². The molecule has 4 rings (SSSR count). The number of hydrogen-bond acceptors (Lipinski definition) is 5. The monoisotopic (exact) mass is 373 g/mol. The maximum absolute atomic E-state index is 13.2. The summed E-state index contributed by atoms with van der Waals surface area (Å²) in [5, 5.41) is 5.24. The lowest BCUT2D eigenvalue weighted by Crippen LogP contribution is -2.42. The first kappa shape index (κ1) is 17.3. The van der Waals surface area contributed by atoms with Crippen LogP contribution in [0.15, 0.2) is 36.8 Å². The van der Waals surface area contributed by atoms with Crippen molar-refractivity contribution in [3.63, 3.8) is 0 Å². The predicted molar refractivity (Wildman–Crippen MR) is 93.3 cm³/mol. The fourth-order valence-electron chi connectivity index (χ4n) is 3.00. The molecule has 0 aliphatic carbocycles. The number of methoxy groups -OCH3 is 1. The molecule has 0 unspecified atom stereocenters. The number of carbonyl (C=O) groups excluding carboxylic acids is 1. The number of fused-ring (bicyclic) bond motifs is 1. The van der Waals surface area contributed by atoms with E-state index in [1.165, 1.54) is 11.1 Å². The molecule has 27 heavy (non-hydrogen) atoms. The highest BCUT2D eigenvalue weighted by Gasteiger charge is 2.35. The number of nitrogens with zero attached hydrogens (tertiary/aromatic N) is 5. The van der Waals surface area contributed by atoms with Crippen molar-refractivity contribution in [3.8, 4) is 11.7 Å². The van der Waals surface area contributed by atoms with E-state index in [-0.39, 0.29) is 31.8 Å². The summed E-state index contributed by atoms with van der Waals surface area (Å²) in [5.74, 6) is -1.95. The second-order valence-electron chi connectivity index (χ2n) is 6.41. The second kappa shape index (κ2) is 6.57. The van der Waals surface area contributed by atoms with Crippen LogP contribution in [0.2, 0.25) is 0 Å². The van der Waals surface area contributed by atoms with Gasteiger partial charge in [-0.3, -0.25) is 4.79 Å². The Balaban J connectivity index is 1.53. The van der Waals surface area contributed by atoms with Gasteiger partial charge in [0.1, 0.15) is 5.52 Å². The van der Waals surface area contributed by atoms with Gasteiger partial charge in [0.15, 0.2) is 5.82 Å². The van der Waals surface area contributed by atoms with Crippen LogP contribution in [0, 0.1) is 0 Å². The Labute approximate surface area is 153 Å². The highest BCUT2D eigenvalue weighted by molar-refractivity contribution is 5.94. The van der Waals surface area contributed by atoms with E-state index in [9.17, 15) is 13.6 Å². The Bertz CT molecular complexity index is 977. The molecule has 140 valence electrons. The SMILES string of the molecule is COc1cc2cn(-c3ccc(C(=O)N4CCC(F)(F)CC4)cn3)nc2cn1. The molecular weight excluding hydrogens is 356 g/mol. The average Bonchev–Trinajstić information content (AvgIpc) is 3.10. The number of likely N-dealkylation sites (tertiary alicyclic amines) is 1. The van der Waals surface area contributed by atoms with Gasteiger partial charge in [-0.15, -0.1) is 0 Å². The van der Waals surface area contributed by atoms with Crippen molar-refractivity contribution in [3.05, 3.63) is 42.4 Å². The summed E-state index contributed by atoms with van der Waals surface area (Å²) in [6.07, 6.45) is 4.23. The molecule has 0 atom stereocenters. The lowest BCUT2D eigenvalue weighted by molar-refractivity contribution is -0.0494. The van der Waals surface area contributed by atoms with Crippen LogP contribution in [0.5, 0.6) is 5.88 Å². The van der Waals surface area contributed by atoms with Crippen molar-refractivity contribution in [1.29, 1.82) is 0 Å². The van der Waals surface area contributed by atoms with Crippen LogP contribution in [0.25, 0.3) is 16.7 Å². The summed E-state index contributed by atoms with van der Waals surface area (Å²) in [4.78, 5) is 22.3. The van der Waals surface area contributed by atoms with Gasteiger partial charge in [0.2, 0.25) is 5.88 Å². The molecule has 7 nitrogen and oxygen atoms in total. The molecule has 0 saturated carbocycles. The molecule has 4 heterocycles. The third-order valence-electron chi connectivity index (χ3n) is 4.59. The van der Waals surface area contributed by atoms with E-state index in [1.807, 2.05) is 0 Å². The van der Waals surface area contributed by atoms with Gasteiger partial charge in [-0.1, -0.05) is 0 Å². The van der Waals surface area contributed by atoms with Gasteiger partial charge in [0.05, 0.1) is 18.9 Å². The number of halogens is 2. The van der Waals surface area contributed by atoms with Gasteiger partial charge in [0.25, 0.3) is 11.8 Å². The Kier molecular flexibility index (Phi) is 4.21. The van der Waals surface area contributed by atoms with Crippen LogP contribution in [0.4, 0.5) is 8.78 Å². The van der Waals surface area contributed by atoms with E-state index >= 15 is 0 Å². The molecule has 1 aliphatic rings. The normalized spacial score (nSPS) is 16.5. The van der Waals surface area contributed by atoms with Crippen LogP contribution < -0.4 is 4.74 Å². The number of rotatable bonds is 3. The van der Waals surface area contributed by atoms with Crippen LogP contribution in [0.1, 0.15) is 23.2 Å². The summed E-state index contributed by atoms with van der Waals surface area (Å²) >= 11 is 0. The maximum Gasteiger partial charge on any atom is 0.255 e. The van der Waals surface area contributed by atoms with E-state index in [2.05, 4.69) is 15.1 Å². The van der Waals surface area contributed by atoms with Gasteiger partial charge in [-0.2, -0.15) is 5.10 Å². The molecule has 0 spiro atoms. The maximum atomic E-state index is 13.2. The minimum absolute atomic E-state index is 0.0486. The molecule has 0 N–H and O–H groups in total. The Morgan fingerprint density at radius 2 is 1.96 bits per heavy atom. The fourth-order valence-corrected chi connectivity index (χ4v) is 3.00. The van der Waals surface area contributed by atoms with Crippen LogP contribution in [-0.4, -0.2) is 56.7 Å². The molecule has 1 saturated heterocycles. The number of pyridine rings is 2. The van der Waals surface area contributed by atoms with E-state index in [1.54, 1.807) is 42.4 Å². The summed E-state index contributed by atoms with van der Waals surface area (Å²) in [6.45, 7) is 0.0971. The minimum atomic E-state index is -2.68. The van der Waals surface area contributed by atoms with Crippen molar-refractivity contribution in [2.45, 2.75) is 18.8 Å². The van der Waals surface area contributed by atoms with E-state index in [4.69, 9.17) is 4.74 Å². The van der Waals surface area contributed by atoms with Gasteiger partial charge in [-0.25, -0.2) is 23.4 Å². The molecule has 3 aromatic rings. The minimum Gasteiger partial charge on any atom is -0.481 e. The number of piperidine rings is 1. The van der Waals surface area contributed by atoms with Crippen LogP contribution >= 0.6 is 0 Å². The van der Waals surface area contributed by atoms with E-state index < -0.39 is 5.92 Å². The van der Waals surface area contributed by atoms with E-state index in [0.717, 1.165) is 5.39 Å². The van der Waals surface area contributed by atoms with Crippen molar-refractivity contribution in [1.82, 2.24) is 24.6 Å². The molecule has 0 aromatic carbocycles. The molecular formula is C18H17F2N5O2. The predicted octanol–water partition coefficient (Wildman–Crippen LogP) is 2.70. The quantitative estimate of drug-likeness (QED) is 0.706. The third kappa shape index (κ3) is 3.44. The smallest absolute Gasteiger partial charge is 0.255 e. The Morgan fingerprint density at radius 1 is 1.19 bits per heavy atom. The first-order valence-corrected chi connectivity index (χ1v) is 8.48. The van der Waals surface area contributed by atoms with Crippen molar-refractivity contribution in [2.24, 2.45) is 0 Å². The van der Waals surface area contributed by atoms with Crippen molar-refractivity contribution < 1.29 is 18.3 Å². The standard InChI is InChI=1S/C18H17F2N5O2/c1-27-16-8-13-11-25(23-14(13)10-22-16)15-3-2-12(9-21-15)17(26)24-6-4-18(19,20)5-7-24/h2-3,8-11H,4-7H2,1H3. The van der Waals surface area contributed by atoms with Crippen LogP contribution in [-0.2, 0) is 0 Å². The lowest BCUT2D eigenvalue weighted by atomic mass is 10.1. The molecule has 0 bridgehead atoms. The van der Waals surface area contributed by atoms with E-state index in [0.29, 0.717) is 22.8 Å². The number of alkyl halides is 2. The highest BCUT2D eigenvalue weighted by Crippen LogP contribution is 2.28. The molecule has 3 aromatic heterocycles. The number of hydrogen-bond donors (Lipinski definition) is 0.